The van der Waals surface area contributed by atoms with Crippen molar-refractivity contribution in [2.75, 3.05) is 12.0 Å². The van der Waals surface area contributed by atoms with Crippen LogP contribution in [0.1, 0.15) is 16.8 Å². The van der Waals surface area contributed by atoms with E-state index in [1.165, 1.54) is 12.0 Å². The summed E-state index contributed by atoms with van der Waals surface area (Å²) in [6.07, 6.45) is 5.06. The molecular weight excluding hydrogens is 282 g/mol. The smallest absolute Gasteiger partial charge is 0.337 e. The quantitative estimate of drug-likeness (QED) is 0.474. The zero-order valence-corrected chi connectivity index (χ0v) is 12.1. The summed E-state index contributed by atoms with van der Waals surface area (Å²) in [6.45, 7) is 0. The number of hydrogen-bond acceptors (Lipinski definition) is 4. The summed E-state index contributed by atoms with van der Waals surface area (Å²) in [7, 11) is 1.31. The Bertz CT molecular complexity index is 676. The average Bonchev–Trinajstić information content (AvgIpc) is 3.21. The van der Waals surface area contributed by atoms with Gasteiger partial charge in [-0.1, -0.05) is 12.2 Å². The maximum absolute atomic E-state index is 12.6. The van der Waals surface area contributed by atoms with E-state index in [9.17, 15) is 14.4 Å². The van der Waals surface area contributed by atoms with Gasteiger partial charge in [-0.15, -0.1) is 0 Å². The molecule has 1 aromatic rings. The van der Waals surface area contributed by atoms with Gasteiger partial charge in [0, 0.05) is 0 Å². The number of fused-ring (bicyclic) bond motifs is 5. The molecule has 1 heterocycles. The van der Waals surface area contributed by atoms with Crippen LogP contribution < -0.4 is 4.90 Å². The zero-order chi connectivity index (χ0) is 15.4. The number of benzene rings is 1. The molecule has 5 heteroatoms. The zero-order valence-electron chi connectivity index (χ0n) is 12.1. The lowest BCUT2D eigenvalue weighted by molar-refractivity contribution is -0.123. The maximum Gasteiger partial charge on any atom is 0.337 e. The van der Waals surface area contributed by atoms with Crippen molar-refractivity contribution >= 4 is 23.5 Å². The molecule has 0 spiro atoms. The van der Waals surface area contributed by atoms with Crippen molar-refractivity contribution in [1.82, 2.24) is 0 Å². The number of imide groups is 1. The molecule has 1 saturated heterocycles. The van der Waals surface area contributed by atoms with Gasteiger partial charge in [0.05, 0.1) is 30.2 Å². The highest BCUT2D eigenvalue weighted by atomic mass is 16.5. The highest BCUT2D eigenvalue weighted by Gasteiger charge is 2.59. The minimum atomic E-state index is -0.440. The molecule has 4 atom stereocenters. The van der Waals surface area contributed by atoms with Gasteiger partial charge in [-0.25, -0.2) is 4.79 Å². The number of hydrogen-bond donors (Lipinski definition) is 0. The van der Waals surface area contributed by atoms with Gasteiger partial charge in [-0.05, 0) is 42.5 Å². The molecule has 3 aliphatic rings. The molecule has 2 amide bonds. The molecule has 4 rings (SSSR count). The second kappa shape index (κ2) is 4.53. The van der Waals surface area contributed by atoms with Crippen LogP contribution in [-0.4, -0.2) is 24.9 Å². The van der Waals surface area contributed by atoms with Crippen molar-refractivity contribution in [1.29, 1.82) is 0 Å². The second-order valence-corrected chi connectivity index (χ2v) is 6.05. The van der Waals surface area contributed by atoms with Gasteiger partial charge in [0.25, 0.3) is 0 Å². The van der Waals surface area contributed by atoms with E-state index in [-0.39, 0.29) is 35.5 Å². The van der Waals surface area contributed by atoms with Crippen molar-refractivity contribution < 1.29 is 19.1 Å². The van der Waals surface area contributed by atoms with Crippen LogP contribution in [0.2, 0.25) is 0 Å². The first-order chi connectivity index (χ1) is 10.6. The van der Waals surface area contributed by atoms with E-state index in [1.54, 1.807) is 24.3 Å². The number of ether oxygens (including phenoxy) is 1. The normalized spacial score (nSPS) is 31.8. The largest absolute Gasteiger partial charge is 0.465 e. The Hall–Kier alpha value is -2.43. The number of carbonyl (C=O) groups is 3. The molecule has 2 aliphatic carbocycles. The molecule has 2 fully saturated rings. The summed E-state index contributed by atoms with van der Waals surface area (Å²) in [5, 5.41) is 0. The van der Waals surface area contributed by atoms with E-state index >= 15 is 0 Å². The fourth-order valence-corrected chi connectivity index (χ4v) is 4.02. The molecule has 0 unspecified atom stereocenters. The summed E-state index contributed by atoms with van der Waals surface area (Å²) in [5.74, 6) is -0.678. The minimum Gasteiger partial charge on any atom is -0.465 e. The highest BCUT2D eigenvalue weighted by molar-refractivity contribution is 6.22. The first kappa shape index (κ1) is 13.2. The Labute approximate surface area is 127 Å². The summed E-state index contributed by atoms with van der Waals surface area (Å²) in [6, 6.07) is 6.39. The maximum atomic E-state index is 12.6. The number of anilines is 1. The van der Waals surface area contributed by atoms with Gasteiger partial charge in [-0.3, -0.25) is 14.5 Å². The Morgan fingerprint density at radius 1 is 1.05 bits per heavy atom. The lowest BCUT2D eigenvalue weighted by Gasteiger charge is -2.17. The fraction of sp³-hybridized carbons (Fsp3) is 0.353. The molecule has 22 heavy (non-hydrogen) atoms. The summed E-state index contributed by atoms with van der Waals surface area (Å²) < 4.78 is 4.65. The number of carbonyl (C=O) groups excluding carboxylic acids is 3. The van der Waals surface area contributed by atoms with Crippen molar-refractivity contribution in [3.05, 3.63) is 42.0 Å². The number of allylic oxidation sites excluding steroid dienone is 2. The Balaban J connectivity index is 1.65. The molecule has 0 N–H and O–H groups in total. The van der Waals surface area contributed by atoms with Crippen LogP contribution in [0, 0.1) is 23.7 Å². The lowest BCUT2D eigenvalue weighted by atomic mass is 9.85. The van der Waals surface area contributed by atoms with Gasteiger partial charge in [0.2, 0.25) is 11.8 Å². The number of nitrogens with zero attached hydrogens (tertiary/aromatic N) is 1. The number of rotatable bonds is 2. The topological polar surface area (TPSA) is 63.7 Å². The van der Waals surface area contributed by atoms with Crippen molar-refractivity contribution in [2.45, 2.75) is 6.42 Å². The molecule has 112 valence electrons. The minimum absolute atomic E-state index is 0.113. The molecule has 0 aromatic heterocycles. The Kier molecular flexibility index (Phi) is 2.73. The number of esters is 1. The predicted octanol–water partition coefficient (Wildman–Crippen LogP) is 1.78. The highest BCUT2D eigenvalue weighted by Crippen LogP contribution is 2.53. The van der Waals surface area contributed by atoms with Gasteiger partial charge < -0.3 is 4.74 Å². The third-order valence-electron chi connectivity index (χ3n) is 5.02. The van der Waals surface area contributed by atoms with E-state index in [2.05, 4.69) is 16.9 Å². The third-order valence-corrected chi connectivity index (χ3v) is 5.02. The number of amides is 2. The molecule has 2 bridgehead atoms. The molecule has 1 aromatic carbocycles. The molecular formula is C17H15NO4. The third kappa shape index (κ3) is 1.62. The summed E-state index contributed by atoms with van der Waals surface area (Å²) in [4.78, 5) is 38.0. The van der Waals surface area contributed by atoms with E-state index < -0.39 is 5.97 Å². The molecule has 5 nitrogen and oxygen atoms in total. The molecule has 0 radical (unpaired) electrons. The SMILES string of the molecule is COC(=O)c1ccc(N2C(=O)[C@@H]3[C@@H](C2=O)[C@@H]2C=C[C@@H]3C2)cc1. The first-order valence-corrected chi connectivity index (χ1v) is 7.36. The summed E-state index contributed by atoms with van der Waals surface area (Å²) >= 11 is 0. The van der Waals surface area contributed by atoms with Crippen LogP contribution in [0.15, 0.2) is 36.4 Å². The first-order valence-electron chi connectivity index (χ1n) is 7.36. The number of methoxy groups -OCH3 is 1. The predicted molar refractivity (Wildman–Crippen MR) is 78.0 cm³/mol. The van der Waals surface area contributed by atoms with Crippen LogP contribution in [0.3, 0.4) is 0 Å². The van der Waals surface area contributed by atoms with E-state index in [0.29, 0.717) is 11.3 Å². The van der Waals surface area contributed by atoms with E-state index in [4.69, 9.17) is 0 Å². The molecule has 1 aliphatic heterocycles. The molecule has 1 saturated carbocycles. The second-order valence-electron chi connectivity index (χ2n) is 6.05. The van der Waals surface area contributed by atoms with Crippen molar-refractivity contribution in [3.63, 3.8) is 0 Å². The van der Waals surface area contributed by atoms with Gasteiger partial charge in [0.1, 0.15) is 0 Å². The Morgan fingerprint density at radius 3 is 2.09 bits per heavy atom. The van der Waals surface area contributed by atoms with Crippen LogP contribution in [0.4, 0.5) is 5.69 Å². The average molecular weight is 297 g/mol. The monoisotopic (exact) mass is 297 g/mol. The van der Waals surface area contributed by atoms with E-state index in [1.807, 2.05) is 0 Å². The van der Waals surface area contributed by atoms with Crippen LogP contribution >= 0.6 is 0 Å². The summed E-state index contributed by atoms with van der Waals surface area (Å²) in [5.41, 5.74) is 0.920. The van der Waals surface area contributed by atoms with Gasteiger partial charge in [0.15, 0.2) is 0 Å². The van der Waals surface area contributed by atoms with E-state index in [0.717, 1.165) is 6.42 Å². The van der Waals surface area contributed by atoms with Crippen molar-refractivity contribution in [2.24, 2.45) is 23.7 Å². The standard InChI is InChI=1S/C17H15NO4/c1-22-17(21)9-4-6-12(7-5-9)18-15(19)13-10-2-3-11(8-10)14(13)16(18)20/h2-7,10-11,13-14H,8H2,1H3/t10-,11-,13+,14+/m1/s1. The van der Waals surface area contributed by atoms with Gasteiger partial charge >= 0.3 is 5.97 Å². The van der Waals surface area contributed by atoms with Crippen LogP contribution in [0.5, 0.6) is 0 Å². The van der Waals surface area contributed by atoms with Crippen LogP contribution in [0.25, 0.3) is 0 Å². The van der Waals surface area contributed by atoms with Crippen molar-refractivity contribution in [3.8, 4) is 0 Å². The van der Waals surface area contributed by atoms with Crippen LogP contribution in [-0.2, 0) is 14.3 Å². The van der Waals surface area contributed by atoms with Gasteiger partial charge in [-0.2, -0.15) is 0 Å². The Morgan fingerprint density at radius 2 is 1.59 bits per heavy atom. The lowest BCUT2D eigenvalue weighted by Crippen LogP contribution is -2.32. The fourth-order valence-electron chi connectivity index (χ4n) is 4.02.